The van der Waals surface area contributed by atoms with Crippen LogP contribution in [0.15, 0.2) is 66.9 Å². The normalized spacial score (nSPS) is 25.4. The number of rotatable bonds is 9. The average molecular weight is 569 g/mol. The van der Waals surface area contributed by atoms with E-state index in [1.165, 1.54) is 0 Å². The fourth-order valence-electron chi connectivity index (χ4n) is 7.05. The number of benzene rings is 2. The largest absolute Gasteiger partial charge is 0.390 e. The molecule has 2 fully saturated rings. The highest BCUT2D eigenvalue weighted by Gasteiger charge is 2.49. The van der Waals surface area contributed by atoms with Gasteiger partial charge in [0, 0.05) is 42.1 Å². The van der Waals surface area contributed by atoms with E-state index in [4.69, 9.17) is 10.7 Å². The fraction of sp³-hybridized carbons (Fsp3) is 0.457. The molecular formula is C35H44N4O3. The Balaban J connectivity index is 1.28. The molecule has 1 heterocycles. The number of pyridine rings is 1. The molecule has 0 spiro atoms. The van der Waals surface area contributed by atoms with E-state index in [0.29, 0.717) is 43.3 Å². The molecule has 7 heteroatoms. The molecule has 0 unspecified atom stereocenters. The van der Waals surface area contributed by atoms with E-state index in [-0.39, 0.29) is 11.8 Å². The monoisotopic (exact) mass is 568 g/mol. The number of nitrogens with one attached hydrogen (secondary N) is 1. The summed E-state index contributed by atoms with van der Waals surface area (Å²) in [6.45, 7) is 6.53. The predicted octanol–water partition coefficient (Wildman–Crippen LogP) is 6.26. The number of nitrogens with zero attached hydrogens (tertiary/aromatic N) is 2. The Labute approximate surface area is 249 Å². The minimum absolute atomic E-state index is 0.00188. The van der Waals surface area contributed by atoms with Crippen molar-refractivity contribution in [3.8, 4) is 22.4 Å². The van der Waals surface area contributed by atoms with Gasteiger partial charge < -0.3 is 21.1 Å². The lowest BCUT2D eigenvalue weighted by Gasteiger charge is -2.49. The summed E-state index contributed by atoms with van der Waals surface area (Å²) in [6.07, 6.45) is 7.64. The molecule has 0 atom stereocenters. The standard InChI is InChI=1S/C35H44N4O3/c1-4-32(41)39(5-2)29-17-11-24(12-18-29)19-31(40)38-28-20-30(25-9-7-6-8-10-25)33(37-21-28)26-13-15-27(16-14-26)35(36)22-34(3,42)23-35/h6-10,13-16,20-21,24,29,42H,4-5,11-12,17-19,22-23,36H2,1-3H3,(H,38,40)/t24?,29?,34-,35-. The smallest absolute Gasteiger partial charge is 0.224 e. The number of aromatic nitrogens is 1. The van der Waals surface area contributed by atoms with Gasteiger partial charge in [-0.2, -0.15) is 0 Å². The predicted molar refractivity (Wildman–Crippen MR) is 168 cm³/mol. The Hall–Kier alpha value is -3.55. The number of anilines is 1. The lowest BCUT2D eigenvalue weighted by Crippen LogP contribution is -2.58. The van der Waals surface area contributed by atoms with Crippen LogP contribution in [0.5, 0.6) is 0 Å². The zero-order chi connectivity index (χ0) is 29.9. The molecule has 0 aliphatic heterocycles. The number of hydrogen-bond acceptors (Lipinski definition) is 5. The van der Waals surface area contributed by atoms with Crippen molar-refractivity contribution in [2.24, 2.45) is 11.7 Å². The zero-order valence-electron chi connectivity index (χ0n) is 25.1. The van der Waals surface area contributed by atoms with Crippen molar-refractivity contribution in [1.29, 1.82) is 0 Å². The van der Waals surface area contributed by atoms with Crippen LogP contribution in [-0.2, 0) is 15.1 Å². The summed E-state index contributed by atoms with van der Waals surface area (Å²) in [7, 11) is 0. The summed E-state index contributed by atoms with van der Waals surface area (Å²) in [5.41, 5.74) is 10.8. The highest BCUT2D eigenvalue weighted by molar-refractivity contribution is 5.93. The molecule has 7 nitrogen and oxygen atoms in total. The molecule has 2 amide bonds. The Morgan fingerprint density at radius 3 is 2.26 bits per heavy atom. The summed E-state index contributed by atoms with van der Waals surface area (Å²) in [5, 5.41) is 13.3. The van der Waals surface area contributed by atoms with Crippen LogP contribution in [0.4, 0.5) is 5.69 Å². The first-order chi connectivity index (χ1) is 20.1. The third-order valence-corrected chi connectivity index (χ3v) is 9.08. The number of carbonyl (C=O) groups is 2. The lowest BCUT2D eigenvalue weighted by atomic mass is 9.63. The summed E-state index contributed by atoms with van der Waals surface area (Å²) in [4.78, 5) is 32.2. The van der Waals surface area contributed by atoms with Gasteiger partial charge in [-0.1, -0.05) is 61.5 Å². The Morgan fingerprint density at radius 1 is 1.00 bits per heavy atom. The highest BCUT2D eigenvalue weighted by Crippen LogP contribution is 2.46. The van der Waals surface area contributed by atoms with Crippen LogP contribution in [0.1, 0.15) is 77.7 Å². The number of amides is 2. The van der Waals surface area contributed by atoms with Gasteiger partial charge >= 0.3 is 0 Å². The topological polar surface area (TPSA) is 109 Å². The summed E-state index contributed by atoms with van der Waals surface area (Å²) in [6, 6.07) is 20.5. The molecule has 0 radical (unpaired) electrons. The SMILES string of the molecule is CCC(=O)N(CC)C1CCC(CC(=O)Nc2cnc(-c3ccc([C@]4(N)C[C@](C)(O)C4)cc3)c(-c3ccccc3)c2)CC1. The second-order valence-electron chi connectivity index (χ2n) is 12.5. The Kier molecular flexibility index (Phi) is 8.81. The van der Waals surface area contributed by atoms with E-state index < -0.39 is 11.1 Å². The van der Waals surface area contributed by atoms with Gasteiger partial charge in [0.05, 0.1) is 23.2 Å². The van der Waals surface area contributed by atoms with E-state index in [1.807, 2.05) is 86.3 Å². The van der Waals surface area contributed by atoms with Crippen LogP contribution in [0.3, 0.4) is 0 Å². The zero-order valence-corrected chi connectivity index (χ0v) is 25.1. The second-order valence-corrected chi connectivity index (χ2v) is 12.5. The quantitative estimate of drug-likeness (QED) is 0.282. The Morgan fingerprint density at radius 2 is 1.67 bits per heavy atom. The van der Waals surface area contributed by atoms with E-state index in [0.717, 1.165) is 60.2 Å². The van der Waals surface area contributed by atoms with E-state index >= 15 is 0 Å². The van der Waals surface area contributed by atoms with Crippen LogP contribution in [-0.4, -0.2) is 45.0 Å². The van der Waals surface area contributed by atoms with Crippen LogP contribution in [0.25, 0.3) is 22.4 Å². The molecule has 2 saturated carbocycles. The van der Waals surface area contributed by atoms with Gasteiger partial charge in [0.2, 0.25) is 11.8 Å². The first-order valence-electron chi connectivity index (χ1n) is 15.4. The minimum Gasteiger partial charge on any atom is -0.390 e. The fourth-order valence-corrected chi connectivity index (χ4v) is 7.05. The number of carbonyl (C=O) groups excluding carboxylic acids is 2. The molecule has 2 aromatic carbocycles. The maximum atomic E-state index is 13.1. The first kappa shape index (κ1) is 29.9. The van der Waals surface area contributed by atoms with Crippen LogP contribution in [0, 0.1) is 5.92 Å². The summed E-state index contributed by atoms with van der Waals surface area (Å²) in [5.74, 6) is 0.537. The summed E-state index contributed by atoms with van der Waals surface area (Å²) >= 11 is 0. The van der Waals surface area contributed by atoms with Gasteiger partial charge in [-0.05, 0) is 75.5 Å². The van der Waals surface area contributed by atoms with Crippen molar-refractivity contribution in [3.05, 3.63) is 72.4 Å². The third-order valence-electron chi connectivity index (χ3n) is 9.08. The number of aliphatic hydroxyl groups is 1. The van der Waals surface area contributed by atoms with Crippen LogP contribution >= 0.6 is 0 Å². The maximum Gasteiger partial charge on any atom is 0.224 e. The molecule has 3 aromatic rings. The van der Waals surface area contributed by atoms with Gasteiger partial charge in [-0.25, -0.2) is 0 Å². The molecule has 2 aliphatic rings. The molecule has 1 aromatic heterocycles. The highest BCUT2D eigenvalue weighted by atomic mass is 16.3. The summed E-state index contributed by atoms with van der Waals surface area (Å²) < 4.78 is 0. The lowest BCUT2D eigenvalue weighted by molar-refractivity contribution is -0.134. The molecule has 0 bridgehead atoms. The van der Waals surface area contributed by atoms with E-state index in [9.17, 15) is 14.7 Å². The number of hydrogen-bond donors (Lipinski definition) is 3. The molecule has 2 aliphatic carbocycles. The van der Waals surface area contributed by atoms with Crippen molar-refractivity contribution in [3.63, 3.8) is 0 Å². The van der Waals surface area contributed by atoms with Crippen LogP contribution in [0.2, 0.25) is 0 Å². The van der Waals surface area contributed by atoms with E-state index in [1.54, 1.807) is 6.20 Å². The van der Waals surface area contributed by atoms with Gasteiger partial charge in [-0.15, -0.1) is 0 Å². The molecule has 5 rings (SSSR count). The average Bonchev–Trinajstić information content (AvgIpc) is 2.97. The van der Waals surface area contributed by atoms with Crippen molar-refractivity contribution in [2.45, 2.75) is 89.3 Å². The maximum absolute atomic E-state index is 13.1. The van der Waals surface area contributed by atoms with Crippen LogP contribution < -0.4 is 11.1 Å². The van der Waals surface area contributed by atoms with Gasteiger partial charge in [0.1, 0.15) is 0 Å². The van der Waals surface area contributed by atoms with Crippen molar-refractivity contribution in [1.82, 2.24) is 9.88 Å². The molecular weight excluding hydrogens is 524 g/mol. The molecule has 0 saturated heterocycles. The second kappa shape index (κ2) is 12.4. The van der Waals surface area contributed by atoms with Gasteiger partial charge in [-0.3, -0.25) is 14.6 Å². The van der Waals surface area contributed by atoms with Crippen molar-refractivity contribution >= 4 is 17.5 Å². The molecule has 222 valence electrons. The minimum atomic E-state index is -0.708. The van der Waals surface area contributed by atoms with Gasteiger partial charge in [0.15, 0.2) is 0 Å². The van der Waals surface area contributed by atoms with E-state index in [2.05, 4.69) is 5.32 Å². The van der Waals surface area contributed by atoms with Crippen molar-refractivity contribution < 1.29 is 14.7 Å². The molecule has 42 heavy (non-hydrogen) atoms. The van der Waals surface area contributed by atoms with Crippen molar-refractivity contribution in [2.75, 3.05) is 11.9 Å². The molecule has 4 N–H and O–H groups in total. The first-order valence-corrected chi connectivity index (χ1v) is 15.4. The Bertz CT molecular complexity index is 1390. The third kappa shape index (κ3) is 6.58. The number of nitrogens with two attached hydrogens (primary N) is 1. The van der Waals surface area contributed by atoms with Gasteiger partial charge in [0.25, 0.3) is 0 Å².